The molecule has 0 aliphatic rings. The van der Waals surface area contributed by atoms with Gasteiger partial charge in [-0.2, -0.15) is 0 Å². The van der Waals surface area contributed by atoms with Gasteiger partial charge >= 0.3 is 0 Å². The van der Waals surface area contributed by atoms with Gasteiger partial charge in [0.15, 0.2) is 0 Å². The molecule has 0 aromatic carbocycles. The van der Waals surface area contributed by atoms with E-state index in [1.165, 1.54) is 6.07 Å². The van der Waals surface area contributed by atoms with Crippen molar-refractivity contribution in [1.29, 1.82) is 0 Å². The second-order valence-corrected chi connectivity index (χ2v) is 2.84. The molecule has 0 amide bonds. The first-order valence-corrected chi connectivity index (χ1v) is 4.13. The third kappa shape index (κ3) is 2.06. The van der Waals surface area contributed by atoms with E-state index in [2.05, 4.69) is 4.98 Å². The summed E-state index contributed by atoms with van der Waals surface area (Å²) in [5.74, 6) is -0.355. The molecule has 1 aromatic heterocycles. The molecule has 13 heavy (non-hydrogen) atoms. The average Bonchev–Trinajstić information content (AvgIpc) is 2.07. The Morgan fingerprint density at radius 3 is 2.69 bits per heavy atom. The number of hydrogen-bond acceptors (Lipinski definition) is 2. The summed E-state index contributed by atoms with van der Waals surface area (Å²) in [4.78, 5) is 3.56. The van der Waals surface area contributed by atoms with Crippen molar-refractivity contribution in [3.8, 4) is 5.75 Å². The SMILES string of the molecule is Cc1nc(C(F)F)c(O)cc1CCl. The molecule has 72 valence electrons. The van der Waals surface area contributed by atoms with Crippen LogP contribution in [0.1, 0.15) is 23.4 Å². The van der Waals surface area contributed by atoms with Gasteiger partial charge in [-0.1, -0.05) is 0 Å². The summed E-state index contributed by atoms with van der Waals surface area (Å²) in [6.45, 7) is 1.57. The molecule has 0 aliphatic carbocycles. The van der Waals surface area contributed by atoms with Crippen molar-refractivity contribution in [2.24, 2.45) is 0 Å². The number of aromatic hydroxyl groups is 1. The molecule has 1 N–H and O–H groups in total. The highest BCUT2D eigenvalue weighted by Gasteiger charge is 2.16. The van der Waals surface area contributed by atoms with Crippen molar-refractivity contribution in [2.45, 2.75) is 19.2 Å². The maximum atomic E-state index is 12.2. The predicted molar refractivity (Wildman–Crippen MR) is 45.2 cm³/mol. The summed E-state index contributed by atoms with van der Waals surface area (Å²) in [6, 6.07) is 1.22. The van der Waals surface area contributed by atoms with Gasteiger partial charge in [-0.25, -0.2) is 13.8 Å². The summed E-state index contributed by atoms with van der Waals surface area (Å²) in [7, 11) is 0. The largest absolute Gasteiger partial charge is 0.506 e. The number of pyridine rings is 1. The van der Waals surface area contributed by atoms with Gasteiger partial charge in [0, 0.05) is 11.6 Å². The third-order valence-corrected chi connectivity index (χ3v) is 1.96. The Kier molecular flexibility index (Phi) is 3.03. The van der Waals surface area contributed by atoms with E-state index in [-0.39, 0.29) is 5.88 Å². The summed E-state index contributed by atoms with van der Waals surface area (Å²) in [5, 5.41) is 9.12. The molecule has 0 unspecified atom stereocenters. The van der Waals surface area contributed by atoms with Crippen molar-refractivity contribution in [3.05, 3.63) is 23.0 Å². The zero-order chi connectivity index (χ0) is 10.0. The lowest BCUT2D eigenvalue weighted by molar-refractivity contribution is 0.141. The molecular weight excluding hydrogens is 200 g/mol. The van der Waals surface area contributed by atoms with Crippen LogP contribution in [-0.4, -0.2) is 10.1 Å². The Hall–Kier alpha value is -0.900. The predicted octanol–water partition coefficient (Wildman–Crippen LogP) is 2.77. The van der Waals surface area contributed by atoms with E-state index in [0.29, 0.717) is 11.3 Å². The summed E-state index contributed by atoms with van der Waals surface area (Å²) >= 11 is 5.50. The summed E-state index contributed by atoms with van der Waals surface area (Å²) in [5.41, 5.74) is 0.387. The number of aryl methyl sites for hydroxylation is 1. The lowest BCUT2D eigenvalue weighted by atomic mass is 10.2. The summed E-state index contributed by atoms with van der Waals surface area (Å²) < 4.78 is 24.4. The molecule has 0 aliphatic heterocycles. The summed E-state index contributed by atoms with van der Waals surface area (Å²) in [6.07, 6.45) is -2.76. The van der Waals surface area contributed by atoms with Gasteiger partial charge in [0.25, 0.3) is 6.43 Å². The minimum Gasteiger partial charge on any atom is -0.506 e. The van der Waals surface area contributed by atoms with Gasteiger partial charge in [0.1, 0.15) is 11.4 Å². The molecule has 0 bridgehead atoms. The first-order chi connectivity index (χ1) is 6.06. The average molecular weight is 208 g/mol. The Morgan fingerprint density at radius 2 is 2.23 bits per heavy atom. The first kappa shape index (κ1) is 10.2. The van der Waals surface area contributed by atoms with E-state index < -0.39 is 17.9 Å². The smallest absolute Gasteiger partial charge is 0.284 e. The number of rotatable bonds is 2. The van der Waals surface area contributed by atoms with Crippen LogP contribution in [0.3, 0.4) is 0 Å². The number of alkyl halides is 3. The zero-order valence-corrected chi connectivity index (χ0v) is 7.65. The van der Waals surface area contributed by atoms with Gasteiger partial charge in [-0.05, 0) is 18.6 Å². The molecule has 0 saturated carbocycles. The van der Waals surface area contributed by atoms with Crippen molar-refractivity contribution >= 4 is 11.6 Å². The highest BCUT2D eigenvalue weighted by Crippen LogP contribution is 2.28. The van der Waals surface area contributed by atoms with Crippen LogP contribution in [0.25, 0.3) is 0 Å². The van der Waals surface area contributed by atoms with Crippen molar-refractivity contribution in [3.63, 3.8) is 0 Å². The van der Waals surface area contributed by atoms with Gasteiger partial charge in [0.2, 0.25) is 0 Å². The first-order valence-electron chi connectivity index (χ1n) is 3.59. The van der Waals surface area contributed by atoms with Crippen LogP contribution in [0, 0.1) is 6.92 Å². The second kappa shape index (κ2) is 3.87. The van der Waals surface area contributed by atoms with Crippen LogP contribution < -0.4 is 0 Å². The monoisotopic (exact) mass is 207 g/mol. The Morgan fingerprint density at radius 1 is 1.62 bits per heavy atom. The molecule has 0 fully saturated rings. The Balaban J connectivity index is 3.20. The van der Waals surface area contributed by atoms with E-state index in [1.54, 1.807) is 6.92 Å². The van der Waals surface area contributed by atoms with Gasteiger partial charge in [0.05, 0.1) is 0 Å². The van der Waals surface area contributed by atoms with Crippen molar-refractivity contribution in [2.75, 3.05) is 0 Å². The van der Waals surface area contributed by atoms with Gasteiger partial charge in [-0.15, -0.1) is 11.6 Å². The molecular formula is C8H8ClF2NO. The normalized spacial score (nSPS) is 10.8. The molecule has 0 atom stereocenters. The van der Waals surface area contributed by atoms with Crippen molar-refractivity contribution < 1.29 is 13.9 Å². The third-order valence-electron chi connectivity index (χ3n) is 1.68. The number of halogens is 3. The molecule has 1 heterocycles. The maximum Gasteiger partial charge on any atom is 0.284 e. The van der Waals surface area contributed by atoms with Crippen LogP contribution in [0.15, 0.2) is 6.07 Å². The molecule has 0 spiro atoms. The minimum absolute atomic E-state index is 0.149. The molecule has 2 nitrogen and oxygen atoms in total. The molecule has 5 heteroatoms. The van der Waals surface area contributed by atoms with Crippen molar-refractivity contribution in [1.82, 2.24) is 4.98 Å². The fraction of sp³-hybridized carbons (Fsp3) is 0.375. The van der Waals surface area contributed by atoms with E-state index in [9.17, 15) is 8.78 Å². The standard InChI is InChI=1S/C8H8ClF2NO/c1-4-5(3-9)2-6(13)7(12-4)8(10)11/h2,8,13H,3H2,1H3. The van der Waals surface area contributed by atoms with E-state index in [4.69, 9.17) is 16.7 Å². The van der Waals surface area contributed by atoms with Gasteiger partial charge < -0.3 is 5.11 Å². The Labute approximate surface area is 79.2 Å². The van der Waals surface area contributed by atoms with Crippen LogP contribution in [0.4, 0.5) is 8.78 Å². The maximum absolute atomic E-state index is 12.2. The highest BCUT2D eigenvalue weighted by atomic mass is 35.5. The fourth-order valence-corrected chi connectivity index (χ4v) is 1.22. The van der Waals surface area contributed by atoms with Crippen LogP contribution in [0.5, 0.6) is 5.75 Å². The van der Waals surface area contributed by atoms with Gasteiger partial charge in [-0.3, -0.25) is 0 Å². The zero-order valence-electron chi connectivity index (χ0n) is 6.89. The Bertz CT molecular complexity index is 317. The molecule has 0 saturated heterocycles. The molecule has 0 radical (unpaired) electrons. The molecule has 1 rings (SSSR count). The quantitative estimate of drug-likeness (QED) is 0.757. The van der Waals surface area contributed by atoms with Crippen LogP contribution in [-0.2, 0) is 5.88 Å². The number of aromatic nitrogens is 1. The number of hydrogen-bond donors (Lipinski definition) is 1. The lowest BCUT2D eigenvalue weighted by Gasteiger charge is -2.06. The van der Waals surface area contributed by atoms with Crippen LogP contribution in [0.2, 0.25) is 0 Å². The second-order valence-electron chi connectivity index (χ2n) is 2.57. The van der Waals surface area contributed by atoms with E-state index in [1.807, 2.05) is 0 Å². The number of nitrogens with zero attached hydrogens (tertiary/aromatic N) is 1. The topological polar surface area (TPSA) is 33.1 Å². The highest BCUT2D eigenvalue weighted by molar-refractivity contribution is 6.17. The lowest BCUT2D eigenvalue weighted by Crippen LogP contribution is -1.97. The van der Waals surface area contributed by atoms with Crippen LogP contribution >= 0.6 is 11.6 Å². The molecule has 1 aromatic rings. The van der Waals surface area contributed by atoms with E-state index in [0.717, 1.165) is 0 Å². The fourth-order valence-electron chi connectivity index (χ4n) is 0.949. The van der Waals surface area contributed by atoms with E-state index >= 15 is 0 Å². The minimum atomic E-state index is -2.76.